The largest absolute Gasteiger partial charge is 0.349 e. The number of halogens is 2. The Labute approximate surface area is 196 Å². The van der Waals surface area contributed by atoms with Gasteiger partial charge in [-0.1, -0.05) is 0 Å². The van der Waals surface area contributed by atoms with E-state index in [1.165, 1.54) is 36.4 Å². The number of piperidine rings is 1. The van der Waals surface area contributed by atoms with E-state index in [2.05, 4.69) is 10.4 Å². The van der Waals surface area contributed by atoms with Crippen LogP contribution in [-0.4, -0.2) is 45.6 Å². The highest BCUT2D eigenvalue weighted by atomic mass is 19.1. The van der Waals surface area contributed by atoms with Crippen molar-refractivity contribution in [2.24, 2.45) is 0 Å². The number of fused-ring (bicyclic) bond motifs is 1. The molecule has 1 aliphatic heterocycles. The summed E-state index contributed by atoms with van der Waals surface area (Å²) >= 11 is 0. The molecule has 8 heteroatoms. The summed E-state index contributed by atoms with van der Waals surface area (Å²) in [5.74, 6) is -1.03. The molecule has 0 spiro atoms. The Kier molecular flexibility index (Phi) is 6.13. The number of carbonyl (C=O) groups excluding carboxylic acids is 2. The van der Waals surface area contributed by atoms with Gasteiger partial charge in [-0.25, -0.2) is 13.5 Å². The van der Waals surface area contributed by atoms with Crippen molar-refractivity contribution in [3.63, 3.8) is 0 Å². The Hall–Kier alpha value is -3.55. The van der Waals surface area contributed by atoms with Crippen LogP contribution < -0.4 is 5.32 Å². The van der Waals surface area contributed by atoms with E-state index in [0.29, 0.717) is 37.2 Å². The zero-order chi connectivity index (χ0) is 23.7. The van der Waals surface area contributed by atoms with E-state index >= 15 is 0 Å². The zero-order valence-corrected chi connectivity index (χ0v) is 18.8. The molecule has 1 aromatic heterocycles. The Morgan fingerprint density at radius 1 is 0.882 bits per heavy atom. The highest BCUT2D eigenvalue weighted by molar-refractivity contribution is 5.95. The van der Waals surface area contributed by atoms with Crippen LogP contribution in [0.2, 0.25) is 0 Å². The van der Waals surface area contributed by atoms with Crippen LogP contribution in [0.4, 0.5) is 8.78 Å². The first-order valence-corrected chi connectivity index (χ1v) is 11.7. The maximum absolute atomic E-state index is 13.4. The normalized spacial score (nSPS) is 16.2. The van der Waals surface area contributed by atoms with Gasteiger partial charge in [-0.15, -0.1) is 0 Å². The van der Waals surface area contributed by atoms with E-state index in [0.717, 1.165) is 42.6 Å². The molecule has 3 aromatic rings. The highest BCUT2D eigenvalue weighted by Gasteiger charge is 2.31. The summed E-state index contributed by atoms with van der Waals surface area (Å²) in [5, 5.41) is 7.67. The van der Waals surface area contributed by atoms with Crippen LogP contribution in [-0.2, 0) is 12.8 Å². The predicted molar refractivity (Wildman–Crippen MR) is 123 cm³/mol. The van der Waals surface area contributed by atoms with Gasteiger partial charge in [-0.2, -0.15) is 5.10 Å². The summed E-state index contributed by atoms with van der Waals surface area (Å²) in [6.45, 7) is 1.04. The fraction of sp³-hybridized carbons (Fsp3) is 0.346. The number of rotatable bonds is 4. The Morgan fingerprint density at radius 3 is 2.18 bits per heavy atom. The van der Waals surface area contributed by atoms with Crippen LogP contribution in [0.3, 0.4) is 0 Å². The molecule has 1 aliphatic carbocycles. The van der Waals surface area contributed by atoms with Crippen LogP contribution in [0.1, 0.15) is 57.8 Å². The molecular weight excluding hydrogens is 438 g/mol. The molecule has 0 radical (unpaired) electrons. The summed E-state index contributed by atoms with van der Waals surface area (Å²) in [5.41, 5.74) is 3.67. The first kappa shape index (κ1) is 22.3. The number of nitrogens with zero attached hydrogens (tertiary/aromatic N) is 3. The lowest BCUT2D eigenvalue weighted by molar-refractivity contribution is 0.0690. The summed E-state index contributed by atoms with van der Waals surface area (Å²) in [4.78, 5) is 27.6. The van der Waals surface area contributed by atoms with Crippen molar-refractivity contribution in [1.29, 1.82) is 0 Å². The van der Waals surface area contributed by atoms with Gasteiger partial charge in [0, 0.05) is 36.0 Å². The Bertz CT molecular complexity index is 1200. The van der Waals surface area contributed by atoms with Crippen LogP contribution >= 0.6 is 0 Å². The molecule has 0 saturated carbocycles. The molecule has 2 aliphatic rings. The first-order chi connectivity index (χ1) is 16.5. The summed E-state index contributed by atoms with van der Waals surface area (Å²) < 4.78 is 28.3. The monoisotopic (exact) mass is 464 g/mol. The van der Waals surface area contributed by atoms with Gasteiger partial charge in [0.2, 0.25) is 0 Å². The van der Waals surface area contributed by atoms with Crippen LogP contribution in [0.15, 0.2) is 48.5 Å². The van der Waals surface area contributed by atoms with Crippen LogP contribution in [0, 0.1) is 11.6 Å². The maximum Gasteiger partial charge on any atom is 0.274 e. The van der Waals surface area contributed by atoms with Crippen molar-refractivity contribution >= 4 is 11.8 Å². The van der Waals surface area contributed by atoms with E-state index in [-0.39, 0.29) is 29.5 Å². The number of hydrogen-bond donors (Lipinski definition) is 1. The molecule has 6 nitrogen and oxygen atoms in total. The number of benzene rings is 2. The zero-order valence-electron chi connectivity index (χ0n) is 18.8. The minimum Gasteiger partial charge on any atom is -0.349 e. The Morgan fingerprint density at radius 2 is 1.50 bits per heavy atom. The van der Waals surface area contributed by atoms with Gasteiger partial charge < -0.3 is 10.2 Å². The number of aromatic nitrogens is 2. The van der Waals surface area contributed by atoms with Crippen molar-refractivity contribution < 1.29 is 18.4 Å². The van der Waals surface area contributed by atoms with E-state index in [4.69, 9.17) is 0 Å². The quantitative estimate of drug-likeness (QED) is 0.633. The molecule has 5 rings (SSSR count). The topological polar surface area (TPSA) is 67.2 Å². The maximum atomic E-state index is 13.4. The lowest BCUT2D eigenvalue weighted by atomic mass is 9.95. The number of carbonyl (C=O) groups is 2. The van der Waals surface area contributed by atoms with Gasteiger partial charge >= 0.3 is 0 Å². The molecule has 176 valence electrons. The minimum atomic E-state index is -0.382. The van der Waals surface area contributed by atoms with Gasteiger partial charge in [-0.3, -0.25) is 9.59 Å². The average Bonchev–Trinajstić information content (AvgIpc) is 3.25. The van der Waals surface area contributed by atoms with E-state index in [1.54, 1.807) is 21.7 Å². The van der Waals surface area contributed by atoms with Crippen molar-refractivity contribution in [2.45, 2.75) is 44.6 Å². The summed E-state index contributed by atoms with van der Waals surface area (Å²) in [6, 6.07) is 11.6. The molecular formula is C26H26F2N4O2. The molecule has 34 heavy (non-hydrogen) atoms. The van der Waals surface area contributed by atoms with E-state index < -0.39 is 0 Å². The van der Waals surface area contributed by atoms with Gasteiger partial charge in [-0.05, 0) is 87.1 Å². The average molecular weight is 465 g/mol. The van der Waals surface area contributed by atoms with Crippen molar-refractivity contribution in [3.05, 3.63) is 82.7 Å². The predicted octanol–water partition coefficient (Wildman–Crippen LogP) is 4.06. The minimum absolute atomic E-state index is 0.0488. The summed E-state index contributed by atoms with van der Waals surface area (Å²) in [6.07, 6.45) is 4.97. The van der Waals surface area contributed by atoms with Gasteiger partial charge in [0.25, 0.3) is 11.8 Å². The molecule has 1 saturated heterocycles. The number of hydrogen-bond acceptors (Lipinski definition) is 3. The van der Waals surface area contributed by atoms with Gasteiger partial charge in [0.05, 0.1) is 5.69 Å². The van der Waals surface area contributed by atoms with Crippen molar-refractivity contribution in [3.8, 4) is 5.69 Å². The third kappa shape index (κ3) is 4.44. The first-order valence-electron chi connectivity index (χ1n) is 11.7. The molecule has 1 N–H and O–H groups in total. The lowest BCUT2D eigenvalue weighted by Crippen LogP contribution is -2.46. The second-order valence-corrected chi connectivity index (χ2v) is 8.92. The molecule has 2 heterocycles. The van der Waals surface area contributed by atoms with E-state index in [1.807, 2.05) is 0 Å². The number of likely N-dealkylation sites (tertiary alicyclic amines) is 1. The molecule has 1 fully saturated rings. The number of amides is 2. The fourth-order valence-corrected chi connectivity index (χ4v) is 4.81. The molecule has 0 atom stereocenters. The molecule has 2 aromatic carbocycles. The summed E-state index contributed by atoms with van der Waals surface area (Å²) in [7, 11) is 0. The standard InChI is InChI=1S/C26H26F2N4O2/c27-18-7-5-17(6-8-18)25(33)29-20-13-15-31(16-14-20)26(34)24-22-3-1-2-4-23(22)32(30-24)21-11-9-19(28)10-12-21/h5-12,20H,1-4,13-16H2,(H,29,33). The molecule has 0 bridgehead atoms. The highest BCUT2D eigenvalue weighted by Crippen LogP contribution is 2.28. The molecule has 0 unspecified atom stereocenters. The van der Waals surface area contributed by atoms with Crippen molar-refractivity contribution in [2.75, 3.05) is 13.1 Å². The van der Waals surface area contributed by atoms with E-state index in [9.17, 15) is 18.4 Å². The van der Waals surface area contributed by atoms with Crippen LogP contribution in [0.25, 0.3) is 5.69 Å². The van der Waals surface area contributed by atoms with Crippen molar-refractivity contribution in [1.82, 2.24) is 20.0 Å². The van der Waals surface area contributed by atoms with Gasteiger partial charge in [0.1, 0.15) is 11.6 Å². The lowest BCUT2D eigenvalue weighted by Gasteiger charge is -2.32. The fourth-order valence-electron chi connectivity index (χ4n) is 4.81. The third-order valence-corrected chi connectivity index (χ3v) is 6.68. The second-order valence-electron chi connectivity index (χ2n) is 8.92. The molecule has 2 amide bonds. The third-order valence-electron chi connectivity index (χ3n) is 6.68. The second kappa shape index (κ2) is 9.37. The number of nitrogens with one attached hydrogen (secondary N) is 1. The SMILES string of the molecule is O=C(NC1CCN(C(=O)c2nn(-c3ccc(F)cc3)c3c2CCCC3)CC1)c1ccc(F)cc1. The van der Waals surface area contributed by atoms with Crippen LogP contribution in [0.5, 0.6) is 0 Å². The van der Waals surface area contributed by atoms with Gasteiger partial charge in [0.15, 0.2) is 5.69 Å². The smallest absolute Gasteiger partial charge is 0.274 e. The Balaban J connectivity index is 1.28.